The molecule has 1 saturated carbocycles. The number of pyridine rings is 1. The van der Waals surface area contributed by atoms with E-state index in [1.807, 2.05) is 41.2 Å². The minimum atomic E-state index is 0.530. The van der Waals surface area contributed by atoms with Crippen molar-refractivity contribution in [2.75, 3.05) is 0 Å². The van der Waals surface area contributed by atoms with Crippen molar-refractivity contribution in [1.82, 2.24) is 29.7 Å². The third-order valence-electron chi connectivity index (χ3n) is 4.55. The van der Waals surface area contributed by atoms with Crippen molar-refractivity contribution in [3.8, 4) is 5.69 Å². The summed E-state index contributed by atoms with van der Waals surface area (Å²) >= 11 is 0. The van der Waals surface area contributed by atoms with Gasteiger partial charge in [-0.3, -0.25) is 4.98 Å². The number of hydrogen-bond donors (Lipinski definition) is 1. The minimum absolute atomic E-state index is 0.530. The van der Waals surface area contributed by atoms with Crippen LogP contribution in [-0.4, -0.2) is 29.7 Å². The molecule has 0 saturated heterocycles. The van der Waals surface area contributed by atoms with E-state index in [9.17, 15) is 0 Å². The molecule has 1 aliphatic rings. The number of nitrogens with zero attached hydrogens (tertiary/aromatic N) is 5. The van der Waals surface area contributed by atoms with E-state index in [-0.39, 0.29) is 0 Å². The van der Waals surface area contributed by atoms with Crippen molar-refractivity contribution in [2.24, 2.45) is 0 Å². The zero-order chi connectivity index (χ0) is 16.6. The SMILES string of the molecule is c1cncc(-n2nc(C3CC3)nc2CCc2nc3ccccc3[nH]2)c1. The highest BCUT2D eigenvalue weighted by atomic mass is 15.4. The van der Waals surface area contributed by atoms with E-state index in [1.165, 1.54) is 12.8 Å². The second-order valence-corrected chi connectivity index (χ2v) is 6.48. The minimum Gasteiger partial charge on any atom is -0.342 e. The standard InChI is InChI=1S/C19H18N6/c1-2-6-16-15(5-1)21-17(22-16)9-10-18-23-19(13-7-8-13)24-25(18)14-4-3-11-20-12-14/h1-6,11-13H,7-10H2,(H,21,22). The highest BCUT2D eigenvalue weighted by Gasteiger charge is 2.29. The fourth-order valence-electron chi connectivity index (χ4n) is 3.08. The van der Waals surface area contributed by atoms with E-state index < -0.39 is 0 Å². The Morgan fingerprint density at radius 3 is 2.76 bits per heavy atom. The molecule has 1 aliphatic carbocycles. The van der Waals surface area contributed by atoms with Crippen LogP contribution in [0.1, 0.15) is 36.2 Å². The molecule has 1 fully saturated rings. The van der Waals surface area contributed by atoms with E-state index in [0.29, 0.717) is 5.92 Å². The zero-order valence-corrected chi connectivity index (χ0v) is 13.8. The second kappa shape index (κ2) is 5.81. The molecular formula is C19H18N6. The smallest absolute Gasteiger partial charge is 0.154 e. The van der Waals surface area contributed by atoms with Gasteiger partial charge in [0.05, 0.1) is 22.9 Å². The number of aryl methyl sites for hydroxylation is 2. The molecule has 5 rings (SSSR count). The van der Waals surface area contributed by atoms with Crippen LogP contribution in [-0.2, 0) is 12.8 Å². The van der Waals surface area contributed by atoms with Crippen LogP contribution < -0.4 is 0 Å². The summed E-state index contributed by atoms with van der Waals surface area (Å²) in [6.45, 7) is 0. The first-order valence-corrected chi connectivity index (χ1v) is 8.67. The second-order valence-electron chi connectivity index (χ2n) is 6.48. The van der Waals surface area contributed by atoms with Gasteiger partial charge in [-0.25, -0.2) is 14.6 Å². The summed E-state index contributed by atoms with van der Waals surface area (Å²) in [5, 5.41) is 4.73. The number of benzene rings is 1. The van der Waals surface area contributed by atoms with Crippen LogP contribution in [0.3, 0.4) is 0 Å². The summed E-state index contributed by atoms with van der Waals surface area (Å²) in [4.78, 5) is 17.1. The van der Waals surface area contributed by atoms with Gasteiger partial charge in [-0.15, -0.1) is 0 Å². The number of imidazole rings is 1. The van der Waals surface area contributed by atoms with Gasteiger partial charge in [0.2, 0.25) is 0 Å². The van der Waals surface area contributed by atoms with Crippen LogP contribution in [0.15, 0.2) is 48.8 Å². The Labute approximate surface area is 145 Å². The van der Waals surface area contributed by atoms with Crippen LogP contribution in [0, 0.1) is 0 Å². The van der Waals surface area contributed by atoms with Crippen molar-refractivity contribution < 1.29 is 0 Å². The summed E-state index contributed by atoms with van der Waals surface area (Å²) in [5.41, 5.74) is 3.04. The number of para-hydroxylation sites is 2. The molecule has 6 nitrogen and oxygen atoms in total. The van der Waals surface area contributed by atoms with E-state index in [4.69, 9.17) is 10.1 Å². The number of rotatable bonds is 5. The third kappa shape index (κ3) is 2.80. The number of fused-ring (bicyclic) bond motifs is 1. The third-order valence-corrected chi connectivity index (χ3v) is 4.55. The quantitative estimate of drug-likeness (QED) is 0.610. The number of hydrogen-bond acceptors (Lipinski definition) is 4. The van der Waals surface area contributed by atoms with Crippen LogP contribution in [0.2, 0.25) is 0 Å². The van der Waals surface area contributed by atoms with Gasteiger partial charge in [-0.05, 0) is 37.1 Å². The number of aromatic nitrogens is 6. The summed E-state index contributed by atoms with van der Waals surface area (Å²) in [6, 6.07) is 12.0. The molecule has 1 aromatic carbocycles. The van der Waals surface area contributed by atoms with Gasteiger partial charge in [0, 0.05) is 25.0 Å². The maximum Gasteiger partial charge on any atom is 0.154 e. The van der Waals surface area contributed by atoms with Crippen LogP contribution in [0.4, 0.5) is 0 Å². The van der Waals surface area contributed by atoms with Crippen LogP contribution >= 0.6 is 0 Å². The summed E-state index contributed by atoms with van der Waals surface area (Å²) in [5.74, 6) is 3.44. The molecule has 0 aliphatic heterocycles. The van der Waals surface area contributed by atoms with Crippen molar-refractivity contribution in [1.29, 1.82) is 0 Å². The summed E-state index contributed by atoms with van der Waals surface area (Å²) in [6.07, 6.45) is 7.58. The molecule has 6 heteroatoms. The average Bonchev–Trinajstić information content (AvgIpc) is 3.28. The molecule has 1 N–H and O–H groups in total. The Morgan fingerprint density at radius 1 is 1.04 bits per heavy atom. The van der Waals surface area contributed by atoms with Crippen LogP contribution in [0.5, 0.6) is 0 Å². The predicted molar refractivity (Wildman–Crippen MR) is 94.6 cm³/mol. The highest BCUT2D eigenvalue weighted by Crippen LogP contribution is 2.38. The lowest BCUT2D eigenvalue weighted by atomic mass is 10.3. The van der Waals surface area contributed by atoms with Crippen LogP contribution in [0.25, 0.3) is 16.7 Å². The molecule has 0 atom stereocenters. The normalized spacial score (nSPS) is 14.2. The fraction of sp³-hybridized carbons (Fsp3) is 0.263. The Hall–Kier alpha value is -3.02. The topological polar surface area (TPSA) is 72.3 Å². The van der Waals surface area contributed by atoms with Gasteiger partial charge in [0.15, 0.2) is 5.82 Å². The fourth-order valence-corrected chi connectivity index (χ4v) is 3.08. The molecule has 0 spiro atoms. The van der Waals surface area contributed by atoms with E-state index in [0.717, 1.165) is 47.0 Å². The predicted octanol–water partition coefficient (Wildman–Crippen LogP) is 3.20. The van der Waals surface area contributed by atoms with Gasteiger partial charge in [0.1, 0.15) is 11.6 Å². The van der Waals surface area contributed by atoms with Gasteiger partial charge >= 0.3 is 0 Å². The van der Waals surface area contributed by atoms with Crippen molar-refractivity contribution in [2.45, 2.75) is 31.6 Å². The van der Waals surface area contributed by atoms with Crippen molar-refractivity contribution in [3.63, 3.8) is 0 Å². The first-order valence-electron chi connectivity index (χ1n) is 8.67. The molecule has 3 aromatic heterocycles. The lowest BCUT2D eigenvalue weighted by Gasteiger charge is -2.04. The molecule has 0 radical (unpaired) electrons. The molecule has 0 bridgehead atoms. The number of aromatic amines is 1. The maximum atomic E-state index is 4.80. The lowest BCUT2D eigenvalue weighted by molar-refractivity contribution is 0.750. The molecule has 0 amide bonds. The van der Waals surface area contributed by atoms with Gasteiger partial charge < -0.3 is 4.98 Å². The zero-order valence-electron chi connectivity index (χ0n) is 13.8. The molecule has 4 aromatic rings. The van der Waals surface area contributed by atoms with Crippen molar-refractivity contribution in [3.05, 3.63) is 66.3 Å². The largest absolute Gasteiger partial charge is 0.342 e. The monoisotopic (exact) mass is 330 g/mol. The Balaban J connectivity index is 1.44. The maximum absolute atomic E-state index is 4.80. The highest BCUT2D eigenvalue weighted by molar-refractivity contribution is 5.74. The average molecular weight is 330 g/mol. The van der Waals surface area contributed by atoms with Gasteiger partial charge in [0.25, 0.3) is 0 Å². The molecule has 3 heterocycles. The Morgan fingerprint density at radius 2 is 1.96 bits per heavy atom. The Bertz CT molecular complexity index is 980. The Kier molecular flexibility index (Phi) is 3.33. The molecule has 124 valence electrons. The van der Waals surface area contributed by atoms with Gasteiger partial charge in [-0.1, -0.05) is 12.1 Å². The molecular weight excluding hydrogens is 312 g/mol. The lowest BCUT2D eigenvalue weighted by Crippen LogP contribution is -2.05. The number of nitrogens with one attached hydrogen (secondary N) is 1. The van der Waals surface area contributed by atoms with E-state index in [1.54, 1.807) is 6.20 Å². The molecule has 25 heavy (non-hydrogen) atoms. The first-order chi connectivity index (χ1) is 12.4. The van der Waals surface area contributed by atoms with E-state index in [2.05, 4.69) is 21.0 Å². The summed E-state index contributed by atoms with van der Waals surface area (Å²) in [7, 11) is 0. The van der Waals surface area contributed by atoms with Crippen molar-refractivity contribution >= 4 is 11.0 Å². The number of H-pyrrole nitrogens is 1. The molecule has 0 unspecified atom stereocenters. The first kappa shape index (κ1) is 14.3. The van der Waals surface area contributed by atoms with E-state index >= 15 is 0 Å². The van der Waals surface area contributed by atoms with Gasteiger partial charge in [-0.2, -0.15) is 5.10 Å². The summed E-state index contributed by atoms with van der Waals surface area (Å²) < 4.78 is 1.93.